The van der Waals surface area contributed by atoms with Gasteiger partial charge in [0.1, 0.15) is 0 Å². The Labute approximate surface area is 179 Å². The van der Waals surface area contributed by atoms with Crippen LogP contribution in [0.1, 0.15) is 23.6 Å². The SMILES string of the molecule is CCc1ccc(Nc2nnc(SCc3cccc(C)c3)n(-n3cccc3)c2=O)cc1. The van der Waals surface area contributed by atoms with Crippen molar-refractivity contribution in [2.75, 3.05) is 5.32 Å². The van der Waals surface area contributed by atoms with E-state index in [0.29, 0.717) is 10.9 Å². The van der Waals surface area contributed by atoms with E-state index >= 15 is 0 Å². The smallest absolute Gasteiger partial charge is 0.316 e. The third-order valence-electron chi connectivity index (χ3n) is 4.71. The summed E-state index contributed by atoms with van der Waals surface area (Å²) in [6.07, 6.45) is 4.60. The average molecular weight is 418 g/mol. The monoisotopic (exact) mass is 417 g/mol. The maximum atomic E-state index is 13.2. The summed E-state index contributed by atoms with van der Waals surface area (Å²) in [5.74, 6) is 0.885. The Morgan fingerprint density at radius 3 is 2.43 bits per heavy atom. The number of aromatic nitrogens is 4. The quantitative estimate of drug-likeness (QED) is 0.443. The lowest BCUT2D eigenvalue weighted by Gasteiger charge is -2.14. The molecule has 2 heterocycles. The van der Waals surface area contributed by atoms with Gasteiger partial charge in [0.25, 0.3) is 0 Å². The van der Waals surface area contributed by atoms with Gasteiger partial charge in [0, 0.05) is 23.8 Å². The van der Waals surface area contributed by atoms with Crippen LogP contribution in [-0.4, -0.2) is 19.5 Å². The Morgan fingerprint density at radius 2 is 1.73 bits per heavy atom. The molecule has 0 aliphatic carbocycles. The van der Waals surface area contributed by atoms with Crippen molar-refractivity contribution in [1.29, 1.82) is 0 Å². The topological polar surface area (TPSA) is 64.7 Å². The highest BCUT2D eigenvalue weighted by Crippen LogP contribution is 2.21. The van der Waals surface area contributed by atoms with E-state index in [2.05, 4.69) is 47.6 Å². The fourth-order valence-corrected chi connectivity index (χ4v) is 3.98. The molecule has 0 spiro atoms. The van der Waals surface area contributed by atoms with Gasteiger partial charge in [-0.1, -0.05) is 60.6 Å². The molecule has 0 saturated carbocycles. The van der Waals surface area contributed by atoms with Gasteiger partial charge in [-0.25, -0.2) is 0 Å². The number of rotatable bonds is 7. The summed E-state index contributed by atoms with van der Waals surface area (Å²) in [6.45, 7) is 4.17. The zero-order valence-electron chi connectivity index (χ0n) is 16.9. The third kappa shape index (κ3) is 4.46. The number of thioether (sulfide) groups is 1. The second-order valence-electron chi connectivity index (χ2n) is 6.96. The van der Waals surface area contributed by atoms with E-state index in [1.807, 2.05) is 54.9 Å². The Kier molecular flexibility index (Phi) is 5.99. The zero-order valence-corrected chi connectivity index (χ0v) is 17.8. The van der Waals surface area contributed by atoms with Crippen molar-refractivity contribution in [3.05, 3.63) is 100 Å². The van der Waals surface area contributed by atoms with Gasteiger partial charge >= 0.3 is 5.56 Å². The van der Waals surface area contributed by atoms with Crippen LogP contribution in [0.25, 0.3) is 0 Å². The lowest BCUT2D eigenvalue weighted by molar-refractivity contribution is 0.533. The Morgan fingerprint density at radius 1 is 0.967 bits per heavy atom. The molecule has 0 saturated heterocycles. The van der Waals surface area contributed by atoms with Gasteiger partial charge in [-0.05, 0) is 48.7 Å². The number of nitrogens with zero attached hydrogens (tertiary/aromatic N) is 4. The zero-order chi connectivity index (χ0) is 20.9. The molecule has 30 heavy (non-hydrogen) atoms. The molecule has 0 aliphatic rings. The molecular weight excluding hydrogens is 394 g/mol. The van der Waals surface area contributed by atoms with Crippen molar-refractivity contribution < 1.29 is 0 Å². The molecular formula is C23H23N5OS. The van der Waals surface area contributed by atoms with E-state index in [0.717, 1.165) is 12.1 Å². The van der Waals surface area contributed by atoms with Crippen molar-refractivity contribution in [2.45, 2.75) is 31.2 Å². The Hall–Kier alpha value is -3.32. The highest BCUT2D eigenvalue weighted by Gasteiger charge is 2.14. The summed E-state index contributed by atoms with van der Waals surface area (Å²) in [6, 6.07) is 20.0. The van der Waals surface area contributed by atoms with Crippen molar-refractivity contribution in [1.82, 2.24) is 19.5 Å². The van der Waals surface area contributed by atoms with Crippen LogP contribution in [0.15, 0.2) is 83.0 Å². The second-order valence-corrected chi connectivity index (χ2v) is 7.91. The van der Waals surface area contributed by atoms with Crippen LogP contribution in [0.3, 0.4) is 0 Å². The van der Waals surface area contributed by atoms with E-state index < -0.39 is 0 Å². The maximum Gasteiger partial charge on any atom is 0.316 e. The van der Waals surface area contributed by atoms with Crippen LogP contribution in [-0.2, 0) is 12.2 Å². The van der Waals surface area contributed by atoms with Crippen molar-refractivity contribution >= 4 is 23.3 Å². The molecule has 4 rings (SSSR count). The highest BCUT2D eigenvalue weighted by atomic mass is 32.2. The van der Waals surface area contributed by atoms with Gasteiger partial charge < -0.3 is 5.32 Å². The lowest BCUT2D eigenvalue weighted by atomic mass is 10.1. The fourth-order valence-electron chi connectivity index (χ4n) is 3.11. The maximum absolute atomic E-state index is 13.2. The molecule has 0 unspecified atom stereocenters. The number of hydrogen-bond acceptors (Lipinski definition) is 5. The summed E-state index contributed by atoms with van der Waals surface area (Å²) in [5, 5.41) is 12.2. The van der Waals surface area contributed by atoms with Gasteiger partial charge in [0.05, 0.1) is 0 Å². The van der Waals surface area contributed by atoms with E-state index in [9.17, 15) is 4.79 Å². The van der Waals surface area contributed by atoms with E-state index in [-0.39, 0.29) is 11.4 Å². The standard InChI is InChI=1S/C23H23N5OS/c1-3-18-9-11-20(12-10-18)24-21-22(29)28(27-13-4-5-14-27)23(26-25-21)30-16-19-8-6-7-17(2)15-19/h4-15H,3,16H2,1-2H3,(H,24,25). The number of benzene rings is 2. The number of nitrogens with one attached hydrogen (secondary N) is 1. The predicted molar refractivity (Wildman–Crippen MR) is 121 cm³/mol. The van der Waals surface area contributed by atoms with Crippen LogP contribution in [0, 0.1) is 6.92 Å². The van der Waals surface area contributed by atoms with E-state index in [4.69, 9.17) is 0 Å². The molecule has 4 aromatic rings. The first kappa shape index (κ1) is 20.0. The molecule has 0 atom stereocenters. The van der Waals surface area contributed by atoms with Gasteiger partial charge in [0.2, 0.25) is 11.0 Å². The molecule has 7 heteroatoms. The first-order valence-corrected chi connectivity index (χ1v) is 10.8. The molecule has 2 aromatic heterocycles. The minimum Gasteiger partial charge on any atom is -0.334 e. The van der Waals surface area contributed by atoms with Crippen molar-refractivity contribution in [2.24, 2.45) is 0 Å². The van der Waals surface area contributed by atoms with Crippen molar-refractivity contribution in [3.8, 4) is 0 Å². The van der Waals surface area contributed by atoms with Crippen LogP contribution in [0.5, 0.6) is 0 Å². The molecule has 0 fully saturated rings. The third-order valence-corrected chi connectivity index (χ3v) is 5.70. The first-order chi connectivity index (χ1) is 14.6. The summed E-state index contributed by atoms with van der Waals surface area (Å²) in [4.78, 5) is 13.2. The normalized spacial score (nSPS) is 10.9. The first-order valence-electron chi connectivity index (χ1n) is 9.81. The minimum absolute atomic E-state index is 0.188. The van der Waals surface area contributed by atoms with Gasteiger partial charge in [-0.3, -0.25) is 9.47 Å². The molecule has 0 radical (unpaired) electrons. The molecule has 0 aliphatic heterocycles. The van der Waals surface area contributed by atoms with Gasteiger partial charge in [-0.15, -0.1) is 10.2 Å². The van der Waals surface area contributed by atoms with Crippen LogP contribution < -0.4 is 10.9 Å². The van der Waals surface area contributed by atoms with Crippen LogP contribution >= 0.6 is 11.8 Å². The van der Waals surface area contributed by atoms with Crippen molar-refractivity contribution in [3.63, 3.8) is 0 Å². The van der Waals surface area contributed by atoms with Crippen LogP contribution in [0.2, 0.25) is 0 Å². The number of hydrogen-bond donors (Lipinski definition) is 1. The van der Waals surface area contributed by atoms with E-state index in [1.165, 1.54) is 33.1 Å². The summed E-state index contributed by atoms with van der Waals surface area (Å²) >= 11 is 1.48. The van der Waals surface area contributed by atoms with Gasteiger partial charge in [0.15, 0.2) is 0 Å². The van der Waals surface area contributed by atoms with Gasteiger partial charge in [-0.2, -0.15) is 4.68 Å². The van der Waals surface area contributed by atoms with E-state index in [1.54, 1.807) is 4.68 Å². The Balaban J connectivity index is 1.65. The minimum atomic E-state index is -0.257. The molecule has 6 nitrogen and oxygen atoms in total. The molecule has 1 N–H and O–H groups in total. The molecule has 152 valence electrons. The molecule has 0 amide bonds. The van der Waals surface area contributed by atoms with Crippen LogP contribution in [0.4, 0.5) is 11.5 Å². The summed E-state index contributed by atoms with van der Waals surface area (Å²) in [5.41, 5.74) is 4.16. The molecule has 2 aromatic carbocycles. The largest absolute Gasteiger partial charge is 0.334 e. The average Bonchev–Trinajstić information content (AvgIpc) is 3.29. The second kappa shape index (κ2) is 9.00. The number of aryl methyl sites for hydroxylation is 2. The fraction of sp³-hybridized carbons (Fsp3) is 0.174. The lowest BCUT2D eigenvalue weighted by Crippen LogP contribution is -2.30. The summed E-state index contributed by atoms with van der Waals surface area (Å²) < 4.78 is 3.26. The molecule has 0 bridgehead atoms. The highest BCUT2D eigenvalue weighted by molar-refractivity contribution is 7.98. The number of anilines is 2. The summed E-state index contributed by atoms with van der Waals surface area (Å²) in [7, 11) is 0. The Bertz CT molecular complexity index is 1180. The predicted octanol–water partition coefficient (Wildman–Crippen LogP) is 4.66.